The zero-order chi connectivity index (χ0) is 25.8. The fourth-order valence-electron chi connectivity index (χ4n) is 4.38. The number of nitrogens with zero attached hydrogens (tertiary/aromatic N) is 3. The molecule has 1 atom stereocenters. The summed E-state index contributed by atoms with van der Waals surface area (Å²) in [7, 11) is 1.62. The number of hydrogen-bond acceptors (Lipinski definition) is 6. The van der Waals surface area contributed by atoms with Crippen LogP contribution in [0.5, 0.6) is 11.5 Å². The van der Waals surface area contributed by atoms with Gasteiger partial charge in [-0.3, -0.25) is 4.90 Å². The van der Waals surface area contributed by atoms with Gasteiger partial charge in [0.1, 0.15) is 11.5 Å². The van der Waals surface area contributed by atoms with Crippen molar-refractivity contribution in [3.8, 4) is 22.9 Å². The Morgan fingerprint density at radius 3 is 2.35 bits per heavy atom. The van der Waals surface area contributed by atoms with Crippen LogP contribution in [0.15, 0.2) is 89.1 Å². The minimum Gasteiger partial charge on any atom is -0.497 e. The standard InChI is InChI=1S/C29H28N4O4/c1-4-36-24-16-10-21(11-17-24)26-25(19(2)33(29(34)30-26)18-20-8-6-5-7-9-20)28-31-27(32-37-28)22-12-14-23(35-3)15-13-22/h5-17,26H,4,18H2,1-3H3,(H,30,34). The van der Waals surface area contributed by atoms with Crippen LogP contribution in [-0.4, -0.2) is 34.8 Å². The summed E-state index contributed by atoms with van der Waals surface area (Å²) in [5.74, 6) is 2.31. The molecule has 1 aliphatic heterocycles. The number of ether oxygens (including phenoxy) is 2. The first-order valence-corrected chi connectivity index (χ1v) is 12.1. The number of urea groups is 1. The van der Waals surface area contributed by atoms with Crippen LogP contribution in [0.2, 0.25) is 0 Å². The zero-order valence-electron chi connectivity index (χ0n) is 21.0. The Kier molecular flexibility index (Phi) is 6.89. The maximum Gasteiger partial charge on any atom is 0.322 e. The van der Waals surface area contributed by atoms with E-state index in [1.807, 2.05) is 92.7 Å². The minimum absolute atomic E-state index is 0.195. The van der Waals surface area contributed by atoms with Gasteiger partial charge in [-0.15, -0.1) is 0 Å². The van der Waals surface area contributed by atoms with Gasteiger partial charge >= 0.3 is 6.03 Å². The molecule has 0 fully saturated rings. The van der Waals surface area contributed by atoms with Crippen molar-refractivity contribution in [2.24, 2.45) is 0 Å². The number of carbonyl (C=O) groups is 1. The van der Waals surface area contributed by atoms with Gasteiger partial charge in [0.05, 0.1) is 31.9 Å². The van der Waals surface area contributed by atoms with Crippen molar-refractivity contribution >= 4 is 11.6 Å². The van der Waals surface area contributed by atoms with Gasteiger partial charge in [-0.2, -0.15) is 4.98 Å². The maximum absolute atomic E-state index is 13.3. The van der Waals surface area contributed by atoms with Crippen molar-refractivity contribution in [1.82, 2.24) is 20.4 Å². The molecule has 37 heavy (non-hydrogen) atoms. The SMILES string of the molecule is CCOc1ccc(C2NC(=O)N(Cc3ccccc3)C(C)=C2c2nc(-c3ccc(OC)cc3)no2)cc1. The molecule has 0 aliphatic carbocycles. The molecule has 2 heterocycles. The van der Waals surface area contributed by atoms with Crippen LogP contribution in [-0.2, 0) is 6.54 Å². The summed E-state index contributed by atoms with van der Waals surface area (Å²) in [6.07, 6.45) is 0. The van der Waals surface area contributed by atoms with Gasteiger partial charge < -0.3 is 19.3 Å². The lowest BCUT2D eigenvalue weighted by Gasteiger charge is -2.35. The smallest absolute Gasteiger partial charge is 0.322 e. The van der Waals surface area contributed by atoms with Gasteiger partial charge in [0.25, 0.3) is 5.89 Å². The van der Waals surface area contributed by atoms with Crippen molar-refractivity contribution in [2.75, 3.05) is 13.7 Å². The summed E-state index contributed by atoms with van der Waals surface area (Å²) in [6, 6.07) is 24.3. The van der Waals surface area contributed by atoms with Crippen LogP contribution in [0.1, 0.15) is 36.9 Å². The molecule has 8 heteroatoms. The Morgan fingerprint density at radius 2 is 1.68 bits per heavy atom. The van der Waals surface area contributed by atoms with E-state index in [-0.39, 0.29) is 6.03 Å². The second-order valence-electron chi connectivity index (χ2n) is 8.61. The Hall–Kier alpha value is -4.59. The second-order valence-corrected chi connectivity index (χ2v) is 8.61. The molecule has 4 aromatic rings. The first-order valence-electron chi connectivity index (χ1n) is 12.1. The molecule has 0 saturated carbocycles. The number of nitrogens with one attached hydrogen (secondary N) is 1. The summed E-state index contributed by atoms with van der Waals surface area (Å²) in [4.78, 5) is 19.7. The number of hydrogen-bond donors (Lipinski definition) is 1. The summed E-state index contributed by atoms with van der Waals surface area (Å²) < 4.78 is 16.6. The largest absolute Gasteiger partial charge is 0.497 e. The van der Waals surface area contributed by atoms with E-state index in [9.17, 15) is 4.79 Å². The molecule has 0 saturated heterocycles. The summed E-state index contributed by atoms with van der Waals surface area (Å²) in [5.41, 5.74) is 4.19. The molecule has 0 radical (unpaired) electrons. The molecule has 5 rings (SSSR count). The van der Waals surface area contributed by atoms with Crippen LogP contribution < -0.4 is 14.8 Å². The summed E-state index contributed by atoms with van der Waals surface area (Å²) in [5, 5.41) is 7.38. The Balaban J connectivity index is 1.56. The molecule has 2 amide bonds. The van der Waals surface area contributed by atoms with E-state index in [2.05, 4.69) is 10.5 Å². The lowest BCUT2D eigenvalue weighted by atomic mass is 9.94. The van der Waals surface area contributed by atoms with Crippen molar-refractivity contribution in [1.29, 1.82) is 0 Å². The molecule has 188 valence electrons. The van der Waals surface area contributed by atoms with Crippen LogP contribution in [0.25, 0.3) is 17.0 Å². The molecule has 8 nitrogen and oxygen atoms in total. The van der Waals surface area contributed by atoms with E-state index >= 15 is 0 Å². The van der Waals surface area contributed by atoms with E-state index in [1.165, 1.54) is 0 Å². The van der Waals surface area contributed by atoms with Gasteiger partial charge in [-0.1, -0.05) is 47.6 Å². The fraction of sp³-hybridized carbons (Fsp3) is 0.207. The molecule has 3 aromatic carbocycles. The first kappa shape index (κ1) is 24.1. The quantitative estimate of drug-likeness (QED) is 0.330. The monoisotopic (exact) mass is 496 g/mol. The number of allylic oxidation sites excluding steroid dienone is 1. The predicted molar refractivity (Wildman–Crippen MR) is 140 cm³/mol. The average molecular weight is 497 g/mol. The Labute approximate surface area is 215 Å². The molecule has 1 N–H and O–H groups in total. The molecule has 1 unspecified atom stereocenters. The van der Waals surface area contributed by atoms with Crippen LogP contribution in [0, 0.1) is 0 Å². The molecular formula is C29H28N4O4. The highest BCUT2D eigenvalue weighted by Crippen LogP contribution is 2.38. The molecule has 0 bridgehead atoms. The highest BCUT2D eigenvalue weighted by atomic mass is 16.5. The van der Waals surface area contributed by atoms with Gasteiger partial charge in [-0.25, -0.2) is 4.79 Å². The average Bonchev–Trinajstić information content (AvgIpc) is 3.42. The lowest BCUT2D eigenvalue weighted by Crippen LogP contribution is -2.45. The van der Waals surface area contributed by atoms with Crippen molar-refractivity contribution < 1.29 is 18.8 Å². The summed E-state index contributed by atoms with van der Waals surface area (Å²) >= 11 is 0. The Morgan fingerprint density at radius 1 is 0.973 bits per heavy atom. The van der Waals surface area contributed by atoms with Crippen molar-refractivity contribution in [2.45, 2.75) is 26.4 Å². The van der Waals surface area contributed by atoms with Gasteiger partial charge in [-0.05, 0) is 61.4 Å². The normalized spacial score (nSPS) is 15.5. The van der Waals surface area contributed by atoms with E-state index in [0.717, 1.165) is 39.5 Å². The zero-order valence-corrected chi connectivity index (χ0v) is 21.0. The van der Waals surface area contributed by atoms with E-state index in [4.69, 9.17) is 19.0 Å². The Bertz CT molecular complexity index is 1400. The number of amides is 2. The number of carbonyl (C=O) groups excluding carboxylic acids is 1. The maximum atomic E-state index is 13.3. The number of methoxy groups -OCH3 is 1. The predicted octanol–water partition coefficient (Wildman–Crippen LogP) is 5.84. The summed E-state index contributed by atoms with van der Waals surface area (Å²) in [6.45, 7) is 4.85. The third-order valence-corrected chi connectivity index (χ3v) is 6.31. The van der Waals surface area contributed by atoms with Gasteiger partial charge in [0, 0.05) is 11.3 Å². The lowest BCUT2D eigenvalue weighted by molar-refractivity contribution is 0.203. The molecule has 1 aliphatic rings. The van der Waals surface area contributed by atoms with E-state index in [1.54, 1.807) is 12.0 Å². The fourth-order valence-corrected chi connectivity index (χ4v) is 4.38. The minimum atomic E-state index is -0.473. The molecule has 1 aromatic heterocycles. The first-order chi connectivity index (χ1) is 18.1. The molecule has 0 spiro atoms. The highest BCUT2D eigenvalue weighted by molar-refractivity contribution is 5.87. The van der Waals surface area contributed by atoms with Gasteiger partial charge in [0.2, 0.25) is 5.82 Å². The molecular weight excluding hydrogens is 468 g/mol. The second kappa shape index (κ2) is 10.6. The van der Waals surface area contributed by atoms with E-state index in [0.29, 0.717) is 24.9 Å². The third kappa shape index (κ3) is 5.04. The van der Waals surface area contributed by atoms with Gasteiger partial charge in [0.15, 0.2) is 0 Å². The third-order valence-electron chi connectivity index (χ3n) is 6.31. The van der Waals surface area contributed by atoms with Crippen molar-refractivity contribution in [3.63, 3.8) is 0 Å². The topological polar surface area (TPSA) is 89.7 Å². The van der Waals surface area contributed by atoms with E-state index < -0.39 is 6.04 Å². The highest BCUT2D eigenvalue weighted by Gasteiger charge is 2.35. The van der Waals surface area contributed by atoms with Crippen LogP contribution in [0.4, 0.5) is 4.79 Å². The van der Waals surface area contributed by atoms with Crippen molar-refractivity contribution in [3.05, 3.63) is 102 Å². The van der Waals surface area contributed by atoms with Crippen LogP contribution >= 0.6 is 0 Å². The number of aromatic nitrogens is 2. The number of rotatable bonds is 8. The number of benzene rings is 3. The van der Waals surface area contributed by atoms with Crippen LogP contribution in [0.3, 0.4) is 0 Å².